The number of aromatic nitrogens is 1. The molecule has 7 nitrogen and oxygen atoms in total. The normalized spacial score (nSPS) is 9.45. The van der Waals surface area contributed by atoms with E-state index in [4.69, 9.17) is 5.73 Å². The Balaban J connectivity index is 2.99. The number of nitro groups is 1. The van der Waals surface area contributed by atoms with E-state index in [1.807, 2.05) is 0 Å². The lowest BCUT2D eigenvalue weighted by molar-refractivity contribution is -0.390. The maximum absolute atomic E-state index is 10.3. The first-order valence-corrected chi connectivity index (χ1v) is 2.52. The fraction of sp³-hybridized carbons (Fsp3) is 0. The van der Waals surface area contributed by atoms with Crippen LogP contribution in [0, 0.1) is 10.1 Å². The number of carbonyl (C=O) groups excluding carboxylic acids is 1. The topological polar surface area (TPSA) is 112 Å². The molecule has 0 aliphatic carbocycles. The minimum atomic E-state index is -0.884. The molecule has 0 saturated carbocycles. The zero-order chi connectivity index (χ0) is 8.43. The van der Waals surface area contributed by atoms with E-state index in [0.717, 1.165) is 6.07 Å². The smallest absolute Gasteiger partial charge is 0.363 e. The molecule has 0 unspecified atom stereocenters. The van der Waals surface area contributed by atoms with Crippen molar-refractivity contribution in [1.82, 2.24) is 5.16 Å². The molecule has 0 radical (unpaired) electrons. The summed E-state index contributed by atoms with van der Waals surface area (Å²) in [7, 11) is 0. The van der Waals surface area contributed by atoms with Gasteiger partial charge < -0.3 is 15.8 Å². The van der Waals surface area contributed by atoms with Crippen LogP contribution < -0.4 is 5.73 Å². The number of nitrogens with zero attached hydrogens (tertiary/aromatic N) is 2. The number of amides is 1. The molecule has 2 N–H and O–H groups in total. The quantitative estimate of drug-likeness (QED) is 0.467. The third kappa shape index (κ3) is 1.31. The lowest BCUT2D eigenvalue weighted by Crippen LogP contribution is -2.09. The standard InChI is InChI=1S/C4H3N3O4/c5-4(8)2-1-3(6-11-2)7(9)10/h1H,(H2,5,8). The van der Waals surface area contributed by atoms with Crippen LogP contribution in [-0.2, 0) is 0 Å². The van der Waals surface area contributed by atoms with Gasteiger partial charge in [-0.25, -0.2) is 0 Å². The molecule has 1 rings (SSSR count). The number of carbonyl (C=O) groups is 1. The van der Waals surface area contributed by atoms with Crippen LogP contribution in [0.2, 0.25) is 0 Å². The second-order valence-corrected chi connectivity index (χ2v) is 1.67. The molecular weight excluding hydrogens is 154 g/mol. The molecule has 0 fully saturated rings. The summed E-state index contributed by atoms with van der Waals surface area (Å²) in [5.41, 5.74) is 4.73. The summed E-state index contributed by atoms with van der Waals surface area (Å²) in [6.45, 7) is 0. The van der Waals surface area contributed by atoms with Crippen LogP contribution in [0.1, 0.15) is 10.6 Å². The van der Waals surface area contributed by atoms with Crippen molar-refractivity contribution >= 4 is 11.7 Å². The van der Waals surface area contributed by atoms with Gasteiger partial charge in [0.1, 0.15) is 0 Å². The van der Waals surface area contributed by atoms with Crippen LogP contribution in [0.5, 0.6) is 0 Å². The number of nitrogens with two attached hydrogens (primary N) is 1. The van der Waals surface area contributed by atoms with E-state index in [-0.39, 0.29) is 5.76 Å². The summed E-state index contributed by atoms with van der Waals surface area (Å²) in [6, 6.07) is 0.863. The fourth-order valence-electron chi connectivity index (χ4n) is 0.468. The summed E-state index contributed by atoms with van der Waals surface area (Å²) in [5.74, 6) is -1.74. The Labute approximate surface area is 59.9 Å². The molecule has 0 spiro atoms. The van der Waals surface area contributed by atoms with Gasteiger partial charge in [0.05, 0.1) is 6.07 Å². The largest absolute Gasteiger partial charge is 0.414 e. The van der Waals surface area contributed by atoms with E-state index < -0.39 is 16.6 Å². The van der Waals surface area contributed by atoms with Crippen LogP contribution in [0.3, 0.4) is 0 Å². The van der Waals surface area contributed by atoms with Crippen molar-refractivity contribution in [2.45, 2.75) is 0 Å². The maximum atomic E-state index is 10.3. The van der Waals surface area contributed by atoms with Gasteiger partial charge in [-0.15, -0.1) is 0 Å². The number of primary amides is 1. The first-order chi connectivity index (χ1) is 5.11. The molecule has 58 valence electrons. The van der Waals surface area contributed by atoms with Crippen molar-refractivity contribution in [3.05, 3.63) is 21.9 Å². The van der Waals surface area contributed by atoms with Crippen LogP contribution in [0.15, 0.2) is 10.6 Å². The molecule has 0 bridgehead atoms. The van der Waals surface area contributed by atoms with Crippen molar-refractivity contribution in [3.8, 4) is 0 Å². The minimum Gasteiger partial charge on any atom is -0.363 e. The summed E-state index contributed by atoms with van der Waals surface area (Å²) >= 11 is 0. The molecule has 0 aromatic carbocycles. The van der Waals surface area contributed by atoms with Crippen molar-refractivity contribution in [1.29, 1.82) is 0 Å². The Morgan fingerprint density at radius 2 is 2.45 bits per heavy atom. The van der Waals surface area contributed by atoms with Gasteiger partial charge in [0.2, 0.25) is 0 Å². The number of hydrogen-bond donors (Lipinski definition) is 1. The van der Waals surface area contributed by atoms with Crippen molar-refractivity contribution in [2.24, 2.45) is 5.73 Å². The average molecular weight is 157 g/mol. The van der Waals surface area contributed by atoms with Crippen molar-refractivity contribution < 1.29 is 14.2 Å². The number of rotatable bonds is 2. The van der Waals surface area contributed by atoms with E-state index in [9.17, 15) is 14.9 Å². The van der Waals surface area contributed by atoms with Gasteiger partial charge in [0, 0.05) is 0 Å². The lowest BCUT2D eigenvalue weighted by atomic mass is 10.4. The maximum Gasteiger partial charge on any atom is 0.414 e. The average Bonchev–Trinajstić information content (AvgIpc) is 2.33. The summed E-state index contributed by atoms with van der Waals surface area (Å²) in [6.07, 6.45) is 0. The Kier molecular flexibility index (Phi) is 1.55. The predicted molar refractivity (Wildman–Crippen MR) is 31.7 cm³/mol. The van der Waals surface area contributed by atoms with Crippen LogP contribution >= 0.6 is 0 Å². The highest BCUT2D eigenvalue weighted by molar-refractivity contribution is 5.90. The summed E-state index contributed by atoms with van der Waals surface area (Å²) in [4.78, 5) is 19.5. The first-order valence-electron chi connectivity index (χ1n) is 2.52. The van der Waals surface area contributed by atoms with Gasteiger partial charge in [-0.2, -0.15) is 0 Å². The lowest BCUT2D eigenvalue weighted by Gasteiger charge is -1.80. The highest BCUT2D eigenvalue weighted by atomic mass is 16.6. The van der Waals surface area contributed by atoms with E-state index in [2.05, 4.69) is 9.68 Å². The molecule has 1 heterocycles. The first kappa shape index (κ1) is 7.19. The molecule has 0 saturated heterocycles. The van der Waals surface area contributed by atoms with E-state index >= 15 is 0 Å². The fourth-order valence-corrected chi connectivity index (χ4v) is 0.468. The molecule has 0 aliphatic rings. The number of hydrogen-bond acceptors (Lipinski definition) is 5. The van der Waals surface area contributed by atoms with Crippen LogP contribution in [0.4, 0.5) is 5.82 Å². The second-order valence-electron chi connectivity index (χ2n) is 1.67. The monoisotopic (exact) mass is 157 g/mol. The van der Waals surface area contributed by atoms with Gasteiger partial charge in [0.25, 0.3) is 11.7 Å². The van der Waals surface area contributed by atoms with Crippen molar-refractivity contribution in [3.63, 3.8) is 0 Å². The molecule has 1 aromatic heterocycles. The van der Waals surface area contributed by atoms with Gasteiger partial charge in [-0.1, -0.05) is 0 Å². The van der Waals surface area contributed by atoms with Crippen LogP contribution in [-0.4, -0.2) is 16.0 Å². The molecule has 1 amide bonds. The Morgan fingerprint density at radius 3 is 2.73 bits per heavy atom. The summed E-state index contributed by atoms with van der Waals surface area (Å²) < 4.78 is 4.22. The van der Waals surface area contributed by atoms with Gasteiger partial charge in [0.15, 0.2) is 5.16 Å². The molecule has 11 heavy (non-hydrogen) atoms. The SMILES string of the molecule is NC(=O)c1cc([N+](=O)[O-])no1. The van der Waals surface area contributed by atoms with Gasteiger partial charge in [-0.3, -0.25) is 9.32 Å². The zero-order valence-corrected chi connectivity index (χ0v) is 5.18. The highest BCUT2D eigenvalue weighted by Gasteiger charge is 2.17. The third-order valence-electron chi connectivity index (χ3n) is 0.928. The second kappa shape index (κ2) is 2.37. The molecule has 0 aliphatic heterocycles. The zero-order valence-electron chi connectivity index (χ0n) is 5.18. The van der Waals surface area contributed by atoms with Gasteiger partial charge in [-0.05, 0) is 4.92 Å². The highest BCUT2D eigenvalue weighted by Crippen LogP contribution is 2.09. The third-order valence-corrected chi connectivity index (χ3v) is 0.928. The molecule has 1 aromatic rings. The molecular formula is C4H3N3O4. The van der Waals surface area contributed by atoms with Crippen molar-refractivity contribution in [2.75, 3.05) is 0 Å². The Morgan fingerprint density at radius 1 is 1.82 bits per heavy atom. The van der Waals surface area contributed by atoms with E-state index in [0.29, 0.717) is 0 Å². The Hall–Kier alpha value is -1.92. The minimum absolute atomic E-state index is 0.322. The molecule has 0 atom stereocenters. The van der Waals surface area contributed by atoms with E-state index in [1.54, 1.807) is 0 Å². The predicted octanol–water partition coefficient (Wildman–Crippen LogP) is -0.318. The van der Waals surface area contributed by atoms with Crippen LogP contribution in [0.25, 0.3) is 0 Å². The molecule has 7 heteroatoms. The summed E-state index contributed by atoms with van der Waals surface area (Å²) in [5, 5.41) is 12.9. The Bertz CT molecular complexity index is 276. The van der Waals surface area contributed by atoms with E-state index in [1.165, 1.54) is 0 Å². The van der Waals surface area contributed by atoms with Gasteiger partial charge >= 0.3 is 5.82 Å².